The minimum absolute atomic E-state index is 0.0694. The van der Waals surface area contributed by atoms with Gasteiger partial charge in [-0.15, -0.1) is 4.91 Å². The highest BCUT2D eigenvalue weighted by Crippen LogP contribution is 1.90. The van der Waals surface area contributed by atoms with Crippen molar-refractivity contribution >= 4 is 5.91 Å². The lowest BCUT2D eigenvalue weighted by Gasteiger charge is -1.82. The Balaban J connectivity index is 3.11. The first kappa shape index (κ1) is 7.20. The van der Waals surface area contributed by atoms with Crippen molar-refractivity contribution in [1.29, 1.82) is 0 Å². The number of rotatable bonds is 3. The first-order valence-corrected chi connectivity index (χ1v) is 2.23. The van der Waals surface area contributed by atoms with Crippen molar-refractivity contribution < 1.29 is 9.18 Å². The van der Waals surface area contributed by atoms with E-state index in [4.69, 9.17) is 0 Å². The van der Waals surface area contributed by atoms with Gasteiger partial charge in [0.15, 0.2) is 0 Å². The molecule has 0 heterocycles. The van der Waals surface area contributed by atoms with E-state index in [2.05, 4.69) is 5.18 Å². The summed E-state index contributed by atoms with van der Waals surface area (Å²) in [6.07, 6.45) is 0.0323. The quantitative estimate of drug-likeness (QED) is 0.521. The van der Waals surface area contributed by atoms with Gasteiger partial charge in [0.05, 0.1) is 6.67 Å². The number of nitroso groups, excluding NO2 is 1. The van der Waals surface area contributed by atoms with Crippen LogP contribution in [-0.4, -0.2) is 12.6 Å². The van der Waals surface area contributed by atoms with Gasteiger partial charge >= 0.3 is 0 Å². The average Bonchev–Trinajstić information content (AvgIpc) is 1.83. The van der Waals surface area contributed by atoms with Crippen molar-refractivity contribution in [2.45, 2.75) is 12.8 Å². The molecular formula is C4H6FNO2. The van der Waals surface area contributed by atoms with Crippen molar-refractivity contribution in [1.82, 2.24) is 0 Å². The van der Waals surface area contributed by atoms with E-state index in [-0.39, 0.29) is 12.8 Å². The Labute approximate surface area is 45.9 Å². The number of nitrogens with zero attached hydrogens (tertiary/aromatic N) is 1. The van der Waals surface area contributed by atoms with Gasteiger partial charge in [-0.2, -0.15) is 0 Å². The molecule has 0 saturated carbocycles. The fourth-order valence-corrected chi connectivity index (χ4v) is 0.264. The first-order valence-electron chi connectivity index (χ1n) is 2.23. The van der Waals surface area contributed by atoms with Crippen LogP contribution in [0.5, 0.6) is 0 Å². The molecule has 0 atom stereocenters. The SMILES string of the molecule is O=NC(=O)CCCF. The molecule has 0 unspecified atom stereocenters. The van der Waals surface area contributed by atoms with E-state index in [9.17, 15) is 14.1 Å². The molecule has 0 N–H and O–H groups in total. The summed E-state index contributed by atoms with van der Waals surface area (Å²) in [4.78, 5) is 19.2. The van der Waals surface area contributed by atoms with Crippen LogP contribution < -0.4 is 0 Å². The van der Waals surface area contributed by atoms with Crippen molar-refractivity contribution in [3.05, 3.63) is 4.91 Å². The van der Waals surface area contributed by atoms with Crippen LogP contribution in [0.15, 0.2) is 5.18 Å². The Hall–Kier alpha value is -0.800. The normalized spacial score (nSPS) is 8.62. The molecule has 0 aliphatic heterocycles. The van der Waals surface area contributed by atoms with Gasteiger partial charge in [-0.25, -0.2) is 0 Å². The molecule has 0 aromatic heterocycles. The van der Waals surface area contributed by atoms with Crippen molar-refractivity contribution in [3.63, 3.8) is 0 Å². The van der Waals surface area contributed by atoms with Crippen LogP contribution in [0.25, 0.3) is 0 Å². The third-order valence-electron chi connectivity index (χ3n) is 0.626. The topological polar surface area (TPSA) is 46.5 Å². The van der Waals surface area contributed by atoms with Gasteiger partial charge in [0.25, 0.3) is 5.91 Å². The van der Waals surface area contributed by atoms with E-state index in [0.29, 0.717) is 0 Å². The second kappa shape index (κ2) is 4.36. The molecule has 0 fully saturated rings. The summed E-state index contributed by atoms with van der Waals surface area (Å²) in [5, 5.41) is 2.07. The molecule has 1 amide bonds. The molecule has 4 heteroatoms. The maximum absolute atomic E-state index is 11.2. The molecule has 0 bridgehead atoms. The average molecular weight is 119 g/mol. The van der Waals surface area contributed by atoms with Crippen LogP contribution in [0, 0.1) is 4.91 Å². The third-order valence-corrected chi connectivity index (χ3v) is 0.626. The number of hydrogen-bond donors (Lipinski definition) is 0. The fraction of sp³-hybridized carbons (Fsp3) is 0.750. The summed E-state index contributed by atoms with van der Waals surface area (Å²) in [6.45, 7) is -0.568. The summed E-state index contributed by atoms with van der Waals surface area (Å²) in [5.74, 6) is -0.775. The Morgan fingerprint density at radius 3 is 2.62 bits per heavy atom. The van der Waals surface area contributed by atoms with Gasteiger partial charge in [-0.1, -0.05) is 0 Å². The Morgan fingerprint density at radius 1 is 1.62 bits per heavy atom. The number of carbonyl (C=O) groups excluding carboxylic acids is 1. The highest BCUT2D eigenvalue weighted by atomic mass is 19.1. The minimum atomic E-state index is -0.775. The van der Waals surface area contributed by atoms with E-state index in [1.54, 1.807) is 0 Å². The zero-order valence-electron chi connectivity index (χ0n) is 4.26. The van der Waals surface area contributed by atoms with E-state index >= 15 is 0 Å². The molecular weight excluding hydrogens is 113 g/mol. The van der Waals surface area contributed by atoms with Gasteiger partial charge in [0, 0.05) is 11.6 Å². The molecule has 0 aromatic rings. The molecule has 46 valence electrons. The summed E-state index contributed by atoms with van der Waals surface area (Å²) in [6, 6.07) is 0. The molecule has 0 aromatic carbocycles. The molecule has 3 nitrogen and oxygen atoms in total. The zero-order valence-corrected chi connectivity index (χ0v) is 4.26. The van der Waals surface area contributed by atoms with E-state index in [1.165, 1.54) is 0 Å². The number of amides is 1. The lowest BCUT2D eigenvalue weighted by atomic mass is 10.3. The maximum atomic E-state index is 11.2. The zero-order chi connectivity index (χ0) is 6.41. The maximum Gasteiger partial charge on any atom is 0.286 e. The predicted octanol–water partition coefficient (Wildman–Crippen LogP) is 1.03. The standard InChI is InChI=1S/C4H6FNO2/c5-3-1-2-4(7)6-8/h1-3H2. The van der Waals surface area contributed by atoms with E-state index in [1.807, 2.05) is 0 Å². The van der Waals surface area contributed by atoms with Crippen LogP contribution in [0.3, 0.4) is 0 Å². The van der Waals surface area contributed by atoms with Gasteiger partial charge in [0.1, 0.15) is 0 Å². The Morgan fingerprint density at radius 2 is 2.25 bits per heavy atom. The Bertz CT molecular complexity index is 94.0. The molecule has 0 radical (unpaired) electrons. The first-order chi connectivity index (χ1) is 3.81. The second-order valence-corrected chi connectivity index (χ2v) is 1.28. The van der Waals surface area contributed by atoms with Gasteiger partial charge in [0.2, 0.25) is 0 Å². The smallest absolute Gasteiger partial charge is 0.269 e. The van der Waals surface area contributed by atoms with Crippen molar-refractivity contribution in [2.24, 2.45) is 5.18 Å². The van der Waals surface area contributed by atoms with Gasteiger partial charge < -0.3 is 0 Å². The summed E-state index contributed by atoms with van der Waals surface area (Å²) >= 11 is 0. The molecule has 0 aliphatic rings. The van der Waals surface area contributed by atoms with Crippen LogP contribution in [-0.2, 0) is 4.79 Å². The van der Waals surface area contributed by atoms with E-state index < -0.39 is 12.6 Å². The van der Waals surface area contributed by atoms with Gasteiger partial charge in [-0.3, -0.25) is 9.18 Å². The van der Waals surface area contributed by atoms with Crippen LogP contribution in [0.4, 0.5) is 4.39 Å². The number of halogens is 1. The lowest BCUT2D eigenvalue weighted by Crippen LogP contribution is -1.90. The highest BCUT2D eigenvalue weighted by molar-refractivity contribution is 5.76. The molecule has 0 aliphatic carbocycles. The molecule has 0 saturated heterocycles. The second-order valence-electron chi connectivity index (χ2n) is 1.28. The number of carbonyl (C=O) groups is 1. The third kappa shape index (κ3) is 3.39. The van der Waals surface area contributed by atoms with E-state index in [0.717, 1.165) is 0 Å². The van der Waals surface area contributed by atoms with Crippen LogP contribution >= 0.6 is 0 Å². The predicted molar refractivity (Wildman–Crippen MR) is 26.0 cm³/mol. The minimum Gasteiger partial charge on any atom is -0.269 e. The fourth-order valence-electron chi connectivity index (χ4n) is 0.264. The molecule has 0 rings (SSSR count). The number of alkyl halides is 1. The van der Waals surface area contributed by atoms with Crippen molar-refractivity contribution in [2.75, 3.05) is 6.67 Å². The summed E-state index contributed by atoms with van der Waals surface area (Å²) in [5.41, 5.74) is 0. The highest BCUT2D eigenvalue weighted by Gasteiger charge is 1.97. The monoisotopic (exact) mass is 119 g/mol. The lowest BCUT2D eigenvalue weighted by molar-refractivity contribution is -0.118. The van der Waals surface area contributed by atoms with Crippen molar-refractivity contribution in [3.8, 4) is 0 Å². The van der Waals surface area contributed by atoms with Crippen LogP contribution in [0.2, 0.25) is 0 Å². The van der Waals surface area contributed by atoms with Crippen LogP contribution in [0.1, 0.15) is 12.8 Å². The number of hydrogen-bond acceptors (Lipinski definition) is 2. The van der Waals surface area contributed by atoms with Gasteiger partial charge in [-0.05, 0) is 6.42 Å². The Kier molecular flexibility index (Phi) is 3.93. The summed E-state index contributed by atoms with van der Waals surface area (Å²) in [7, 11) is 0. The molecule has 8 heavy (non-hydrogen) atoms. The summed E-state index contributed by atoms with van der Waals surface area (Å²) < 4.78 is 11.2. The molecule has 0 spiro atoms. The largest absolute Gasteiger partial charge is 0.286 e.